The number of piperazine rings is 1. The van der Waals surface area contributed by atoms with E-state index in [9.17, 15) is 4.79 Å². The number of aromatic nitrogens is 1. The number of hydrogen-bond acceptors (Lipinski definition) is 6. The molecule has 5 rings (SSSR count). The van der Waals surface area contributed by atoms with Crippen molar-refractivity contribution in [3.63, 3.8) is 0 Å². The summed E-state index contributed by atoms with van der Waals surface area (Å²) in [5, 5.41) is 7.16. The number of hydrogen-bond donors (Lipinski definition) is 0. The summed E-state index contributed by atoms with van der Waals surface area (Å²) in [6.07, 6.45) is 1.40. The van der Waals surface area contributed by atoms with Crippen LogP contribution in [0.1, 0.15) is 16.8 Å². The maximum atomic E-state index is 12.7. The molecule has 1 amide bonds. The highest BCUT2D eigenvalue weighted by Crippen LogP contribution is 2.27. The van der Waals surface area contributed by atoms with E-state index in [-0.39, 0.29) is 5.91 Å². The number of nitrogens with zero attached hydrogens (tertiary/aromatic N) is 3. The number of amides is 1. The standard InChI is InChI=1S/C22H23N3O2S2/c26-21(12-19-15-29-22(23-19)18-4-10-28-14-18)25-7-5-24(6-8-25)13-16-1-2-20-17(11-16)3-9-27-20/h1-2,4,10-11,14-15H,3,5-9,12-13H2. The molecule has 0 saturated carbocycles. The van der Waals surface area contributed by atoms with Gasteiger partial charge in [0.05, 0.1) is 18.7 Å². The van der Waals surface area contributed by atoms with E-state index < -0.39 is 0 Å². The van der Waals surface area contributed by atoms with Crippen LogP contribution in [0.5, 0.6) is 5.75 Å². The van der Waals surface area contributed by atoms with Crippen LogP contribution in [0.15, 0.2) is 40.4 Å². The molecular weight excluding hydrogens is 402 g/mol. The largest absolute Gasteiger partial charge is 0.493 e. The van der Waals surface area contributed by atoms with Gasteiger partial charge in [0.15, 0.2) is 0 Å². The van der Waals surface area contributed by atoms with Crippen molar-refractivity contribution >= 4 is 28.6 Å². The molecule has 4 heterocycles. The molecule has 0 unspecified atom stereocenters. The molecule has 5 nitrogen and oxygen atoms in total. The maximum absolute atomic E-state index is 12.7. The Morgan fingerprint density at radius 1 is 1.14 bits per heavy atom. The van der Waals surface area contributed by atoms with Gasteiger partial charge in [0.1, 0.15) is 10.8 Å². The van der Waals surface area contributed by atoms with E-state index >= 15 is 0 Å². The number of fused-ring (bicyclic) bond motifs is 1. The van der Waals surface area contributed by atoms with Crippen molar-refractivity contribution in [3.05, 3.63) is 57.2 Å². The first kappa shape index (κ1) is 18.8. The van der Waals surface area contributed by atoms with Crippen LogP contribution in [-0.4, -0.2) is 53.5 Å². The van der Waals surface area contributed by atoms with Crippen molar-refractivity contribution in [1.29, 1.82) is 0 Å². The Kier molecular flexibility index (Phi) is 5.35. The quantitative estimate of drug-likeness (QED) is 0.625. The van der Waals surface area contributed by atoms with E-state index in [0.717, 1.165) is 67.8 Å². The molecule has 1 saturated heterocycles. The number of carbonyl (C=O) groups is 1. The topological polar surface area (TPSA) is 45.7 Å². The van der Waals surface area contributed by atoms with Crippen LogP contribution in [0, 0.1) is 0 Å². The van der Waals surface area contributed by atoms with Gasteiger partial charge < -0.3 is 9.64 Å². The highest BCUT2D eigenvalue weighted by Gasteiger charge is 2.22. The van der Waals surface area contributed by atoms with Gasteiger partial charge in [-0.3, -0.25) is 9.69 Å². The van der Waals surface area contributed by atoms with Crippen molar-refractivity contribution < 1.29 is 9.53 Å². The van der Waals surface area contributed by atoms with Gasteiger partial charge in [0.2, 0.25) is 5.91 Å². The van der Waals surface area contributed by atoms with Crippen LogP contribution < -0.4 is 4.74 Å². The lowest BCUT2D eigenvalue weighted by Crippen LogP contribution is -2.48. The van der Waals surface area contributed by atoms with Crippen molar-refractivity contribution in [2.75, 3.05) is 32.8 Å². The summed E-state index contributed by atoms with van der Waals surface area (Å²) in [5.41, 5.74) is 4.67. The number of rotatable bonds is 5. The van der Waals surface area contributed by atoms with Gasteiger partial charge in [-0.2, -0.15) is 11.3 Å². The fourth-order valence-electron chi connectivity index (χ4n) is 3.93. The number of thiophene rings is 1. The van der Waals surface area contributed by atoms with Gasteiger partial charge in [-0.15, -0.1) is 11.3 Å². The van der Waals surface area contributed by atoms with E-state index in [1.807, 2.05) is 10.3 Å². The summed E-state index contributed by atoms with van der Waals surface area (Å²) in [6, 6.07) is 8.60. The molecule has 2 aliphatic heterocycles. The zero-order valence-corrected chi connectivity index (χ0v) is 17.8. The van der Waals surface area contributed by atoms with Crippen LogP contribution in [-0.2, 0) is 24.2 Å². The van der Waals surface area contributed by atoms with Gasteiger partial charge in [0.25, 0.3) is 0 Å². The Bertz CT molecular complexity index is 991. The van der Waals surface area contributed by atoms with Crippen LogP contribution in [0.25, 0.3) is 10.6 Å². The number of ether oxygens (including phenoxy) is 1. The zero-order valence-electron chi connectivity index (χ0n) is 16.2. The maximum Gasteiger partial charge on any atom is 0.228 e. The molecule has 0 radical (unpaired) electrons. The third-order valence-electron chi connectivity index (χ3n) is 5.54. The second-order valence-electron chi connectivity index (χ2n) is 7.53. The van der Waals surface area contributed by atoms with Gasteiger partial charge in [0, 0.05) is 55.5 Å². The molecule has 0 atom stereocenters. The molecule has 1 aromatic carbocycles. The highest BCUT2D eigenvalue weighted by molar-refractivity contribution is 7.14. The average Bonchev–Trinajstić information content (AvgIpc) is 3.49. The molecule has 150 valence electrons. The van der Waals surface area contributed by atoms with E-state index in [1.165, 1.54) is 11.1 Å². The smallest absolute Gasteiger partial charge is 0.228 e. The number of thiazole rings is 1. The van der Waals surface area contributed by atoms with E-state index in [1.54, 1.807) is 22.7 Å². The first-order valence-corrected chi connectivity index (χ1v) is 11.8. The number of carbonyl (C=O) groups excluding carboxylic acids is 1. The molecular formula is C22H23N3O2S2. The Labute approximate surface area is 178 Å². The summed E-state index contributed by atoms with van der Waals surface area (Å²) in [5.74, 6) is 1.22. The minimum atomic E-state index is 0.182. The first-order valence-electron chi connectivity index (χ1n) is 9.96. The minimum absolute atomic E-state index is 0.182. The van der Waals surface area contributed by atoms with Crippen LogP contribution >= 0.6 is 22.7 Å². The van der Waals surface area contributed by atoms with Crippen molar-refractivity contribution in [2.45, 2.75) is 19.4 Å². The van der Waals surface area contributed by atoms with Gasteiger partial charge in [-0.25, -0.2) is 4.98 Å². The highest BCUT2D eigenvalue weighted by atomic mass is 32.1. The van der Waals surface area contributed by atoms with Gasteiger partial charge in [-0.05, 0) is 28.6 Å². The predicted octanol–water partition coefficient (Wildman–Crippen LogP) is 3.69. The number of benzene rings is 1. The Balaban J connectivity index is 1.13. The lowest BCUT2D eigenvalue weighted by Gasteiger charge is -2.34. The second kappa shape index (κ2) is 8.26. The van der Waals surface area contributed by atoms with E-state index in [4.69, 9.17) is 4.74 Å². The summed E-state index contributed by atoms with van der Waals surface area (Å²) in [4.78, 5) is 21.8. The van der Waals surface area contributed by atoms with Crippen LogP contribution in [0.2, 0.25) is 0 Å². The Morgan fingerprint density at radius 3 is 2.86 bits per heavy atom. The van der Waals surface area contributed by atoms with Crippen molar-refractivity contribution in [3.8, 4) is 16.3 Å². The summed E-state index contributed by atoms with van der Waals surface area (Å²) in [7, 11) is 0. The summed E-state index contributed by atoms with van der Waals surface area (Å²) < 4.78 is 5.59. The molecule has 0 spiro atoms. The molecule has 29 heavy (non-hydrogen) atoms. The van der Waals surface area contributed by atoms with Crippen LogP contribution in [0.4, 0.5) is 0 Å². The fraction of sp³-hybridized carbons (Fsp3) is 0.364. The Hall–Kier alpha value is -2.22. The summed E-state index contributed by atoms with van der Waals surface area (Å²) in [6.45, 7) is 5.13. The van der Waals surface area contributed by atoms with Gasteiger partial charge in [-0.1, -0.05) is 12.1 Å². The molecule has 1 fully saturated rings. The third kappa shape index (κ3) is 4.22. The van der Waals surface area contributed by atoms with Gasteiger partial charge >= 0.3 is 0 Å². The monoisotopic (exact) mass is 425 g/mol. The first-order chi connectivity index (χ1) is 14.2. The lowest BCUT2D eigenvalue weighted by molar-refractivity contribution is -0.132. The Morgan fingerprint density at radius 2 is 2.03 bits per heavy atom. The molecule has 0 N–H and O–H groups in total. The van der Waals surface area contributed by atoms with Crippen molar-refractivity contribution in [2.24, 2.45) is 0 Å². The molecule has 7 heteroatoms. The summed E-state index contributed by atoms with van der Waals surface area (Å²) >= 11 is 3.28. The van der Waals surface area contributed by atoms with E-state index in [2.05, 4.69) is 44.9 Å². The molecule has 0 bridgehead atoms. The zero-order chi connectivity index (χ0) is 19.6. The minimum Gasteiger partial charge on any atom is -0.493 e. The van der Waals surface area contributed by atoms with Crippen LogP contribution in [0.3, 0.4) is 0 Å². The predicted molar refractivity (Wildman–Crippen MR) is 117 cm³/mol. The molecule has 2 aliphatic rings. The third-order valence-corrected chi connectivity index (χ3v) is 7.16. The van der Waals surface area contributed by atoms with Crippen molar-refractivity contribution in [1.82, 2.24) is 14.8 Å². The SMILES string of the molecule is O=C(Cc1csc(-c2ccsc2)n1)N1CCN(Cc2ccc3c(c2)CCO3)CC1. The second-order valence-corrected chi connectivity index (χ2v) is 9.17. The van der Waals surface area contributed by atoms with E-state index in [0.29, 0.717) is 6.42 Å². The average molecular weight is 426 g/mol. The lowest BCUT2D eigenvalue weighted by atomic mass is 10.1. The molecule has 3 aromatic rings. The normalized spacial score (nSPS) is 16.6. The molecule has 0 aliphatic carbocycles. The fourth-order valence-corrected chi connectivity index (χ4v) is 5.46. The molecule has 2 aromatic heterocycles.